The zero-order valence-corrected chi connectivity index (χ0v) is 17.8. The monoisotopic (exact) mass is 415 g/mol. The quantitative estimate of drug-likeness (QED) is 0.307. The van der Waals surface area contributed by atoms with E-state index in [0.29, 0.717) is 11.8 Å². The molecule has 0 heterocycles. The number of oxime groups is 1. The molecule has 2 fully saturated rings. The van der Waals surface area contributed by atoms with Gasteiger partial charge in [0.25, 0.3) is 0 Å². The largest absolute Gasteiger partial charge is 0.399 e. The van der Waals surface area contributed by atoms with Gasteiger partial charge in [0.2, 0.25) is 0 Å². The molecule has 0 bridgehead atoms. The molecule has 28 heavy (non-hydrogen) atoms. The second-order valence-corrected chi connectivity index (χ2v) is 8.98. The summed E-state index contributed by atoms with van der Waals surface area (Å²) in [6.45, 7) is 0. The summed E-state index contributed by atoms with van der Waals surface area (Å²) < 4.78 is 0. The maximum Gasteiger partial charge on any atom is 0.106 e. The minimum atomic E-state index is 0.616. The molecule has 2 aliphatic rings. The molecule has 4 atom stereocenters. The van der Waals surface area contributed by atoms with Crippen LogP contribution in [-0.4, -0.2) is 12.8 Å². The lowest BCUT2D eigenvalue weighted by Crippen LogP contribution is -2.02. The van der Waals surface area contributed by atoms with Crippen molar-refractivity contribution in [3.8, 4) is 0 Å². The highest BCUT2D eigenvalue weighted by Gasteiger charge is 2.40. The maximum absolute atomic E-state index is 6.35. The Balaban J connectivity index is 1.24. The molecule has 0 radical (unpaired) electrons. The van der Waals surface area contributed by atoms with E-state index in [0.717, 1.165) is 47.6 Å². The van der Waals surface area contributed by atoms with Crippen LogP contribution in [0.1, 0.15) is 61.5 Å². The summed E-state index contributed by atoms with van der Waals surface area (Å²) in [5, 5.41) is 6.12. The number of nitrogens with zero attached hydrogens (tertiary/aromatic N) is 1. The Kier molecular flexibility index (Phi) is 6.28. The number of hydrogen-bond donors (Lipinski definition) is 0. The Morgan fingerprint density at radius 2 is 1.32 bits per heavy atom. The lowest BCUT2D eigenvalue weighted by Gasteiger charge is -2.07. The van der Waals surface area contributed by atoms with Crippen LogP contribution in [0.25, 0.3) is 0 Å². The molecule has 0 aromatic heterocycles. The third-order valence-electron chi connectivity index (χ3n) is 6.28. The van der Waals surface area contributed by atoms with Gasteiger partial charge < -0.3 is 4.84 Å². The summed E-state index contributed by atoms with van der Waals surface area (Å²) in [4.78, 5) is 5.12. The predicted molar refractivity (Wildman–Crippen MR) is 118 cm³/mol. The molecule has 2 saturated carbocycles. The maximum atomic E-state index is 6.35. The SMILES string of the molecule is CON=C(CCC1CC1c1ccccc1Cl)CCC1CC1c1ccccc1Cl. The summed E-state index contributed by atoms with van der Waals surface area (Å²) >= 11 is 12.7. The standard InChI is InChI=1S/C24H27Cl2NO/c1-28-27-18(12-10-16-14-21(16)19-6-2-4-8-23(19)25)13-11-17-15-22(17)20-7-3-5-9-24(20)26/h2-9,16-17,21-22H,10-15H2,1H3. The number of rotatable bonds is 9. The lowest BCUT2D eigenvalue weighted by atomic mass is 10.0. The van der Waals surface area contributed by atoms with Crippen LogP contribution in [-0.2, 0) is 4.84 Å². The third kappa shape index (κ3) is 4.72. The van der Waals surface area contributed by atoms with Gasteiger partial charge in [-0.15, -0.1) is 0 Å². The number of halogens is 2. The summed E-state index contributed by atoms with van der Waals surface area (Å²) in [7, 11) is 1.65. The lowest BCUT2D eigenvalue weighted by molar-refractivity contribution is 0.211. The molecule has 0 amide bonds. The molecule has 2 aromatic carbocycles. The highest BCUT2D eigenvalue weighted by molar-refractivity contribution is 6.31. The van der Waals surface area contributed by atoms with Crippen molar-refractivity contribution in [1.29, 1.82) is 0 Å². The van der Waals surface area contributed by atoms with Crippen LogP contribution in [0.3, 0.4) is 0 Å². The van der Waals surface area contributed by atoms with Crippen LogP contribution in [0, 0.1) is 11.8 Å². The summed E-state index contributed by atoms with van der Waals surface area (Å²) in [6, 6.07) is 16.5. The first-order valence-corrected chi connectivity index (χ1v) is 11.0. The molecule has 2 aromatic rings. The third-order valence-corrected chi connectivity index (χ3v) is 6.97. The van der Waals surface area contributed by atoms with Gasteiger partial charge in [0.1, 0.15) is 7.11 Å². The van der Waals surface area contributed by atoms with E-state index < -0.39 is 0 Å². The van der Waals surface area contributed by atoms with Crippen LogP contribution in [0.4, 0.5) is 0 Å². The van der Waals surface area contributed by atoms with Crippen molar-refractivity contribution in [3.63, 3.8) is 0 Å². The molecule has 2 nitrogen and oxygen atoms in total. The van der Waals surface area contributed by atoms with Gasteiger partial charge in [0.05, 0.1) is 5.71 Å². The Bertz CT molecular complexity index is 785. The molecule has 0 spiro atoms. The van der Waals surface area contributed by atoms with Gasteiger partial charge >= 0.3 is 0 Å². The molecule has 4 unspecified atom stereocenters. The first kappa shape index (κ1) is 19.8. The summed E-state index contributed by atoms with van der Waals surface area (Å²) in [5.74, 6) is 2.67. The fraction of sp³-hybridized carbons (Fsp3) is 0.458. The van der Waals surface area contributed by atoms with Gasteiger partial charge in [0, 0.05) is 10.0 Å². The molecule has 4 heteroatoms. The van der Waals surface area contributed by atoms with Crippen molar-refractivity contribution in [2.24, 2.45) is 17.0 Å². The van der Waals surface area contributed by atoms with Gasteiger partial charge in [-0.2, -0.15) is 0 Å². The highest BCUT2D eigenvalue weighted by Crippen LogP contribution is 2.53. The van der Waals surface area contributed by atoms with Gasteiger partial charge in [0.15, 0.2) is 0 Å². The molecule has 2 aliphatic carbocycles. The van der Waals surface area contributed by atoms with E-state index in [4.69, 9.17) is 28.0 Å². The molecule has 4 rings (SSSR count). The number of hydrogen-bond acceptors (Lipinski definition) is 2. The molecule has 0 aliphatic heterocycles. The van der Waals surface area contributed by atoms with E-state index >= 15 is 0 Å². The van der Waals surface area contributed by atoms with Gasteiger partial charge in [-0.3, -0.25) is 0 Å². The summed E-state index contributed by atoms with van der Waals surface area (Å²) in [5.41, 5.74) is 3.80. The van der Waals surface area contributed by atoms with E-state index in [1.807, 2.05) is 24.3 Å². The number of benzene rings is 2. The van der Waals surface area contributed by atoms with Crippen molar-refractivity contribution in [2.45, 2.75) is 50.4 Å². The first-order valence-electron chi connectivity index (χ1n) is 10.2. The zero-order chi connectivity index (χ0) is 19.5. The Hall–Kier alpha value is -1.51. The summed E-state index contributed by atoms with van der Waals surface area (Å²) in [6.07, 6.45) is 6.83. The molecule has 0 saturated heterocycles. The van der Waals surface area contributed by atoms with E-state index in [2.05, 4.69) is 29.4 Å². The fourth-order valence-electron chi connectivity index (χ4n) is 4.50. The van der Waals surface area contributed by atoms with Gasteiger partial charge in [-0.05, 0) is 85.5 Å². The average molecular weight is 416 g/mol. The van der Waals surface area contributed by atoms with E-state index in [-0.39, 0.29) is 0 Å². The minimum Gasteiger partial charge on any atom is -0.399 e. The highest BCUT2D eigenvalue weighted by atomic mass is 35.5. The van der Waals surface area contributed by atoms with E-state index in [1.165, 1.54) is 29.7 Å². The molecule has 148 valence electrons. The van der Waals surface area contributed by atoms with Crippen molar-refractivity contribution < 1.29 is 4.84 Å². The second-order valence-electron chi connectivity index (χ2n) is 8.17. The molecular weight excluding hydrogens is 389 g/mol. The fourth-order valence-corrected chi connectivity index (χ4v) is 5.05. The van der Waals surface area contributed by atoms with E-state index in [9.17, 15) is 0 Å². The molecule has 0 N–H and O–H groups in total. The normalized spacial score (nSPS) is 25.2. The van der Waals surface area contributed by atoms with Crippen LogP contribution >= 0.6 is 23.2 Å². The Morgan fingerprint density at radius 1 is 0.857 bits per heavy atom. The van der Waals surface area contributed by atoms with Crippen LogP contribution in [0.15, 0.2) is 53.7 Å². The van der Waals surface area contributed by atoms with Crippen molar-refractivity contribution in [3.05, 3.63) is 69.7 Å². The van der Waals surface area contributed by atoms with Gasteiger partial charge in [-0.1, -0.05) is 64.8 Å². The minimum absolute atomic E-state index is 0.616. The van der Waals surface area contributed by atoms with Crippen molar-refractivity contribution in [1.82, 2.24) is 0 Å². The average Bonchev–Trinajstić information content (AvgIpc) is 3.61. The van der Waals surface area contributed by atoms with Gasteiger partial charge in [-0.25, -0.2) is 0 Å². The van der Waals surface area contributed by atoms with Crippen molar-refractivity contribution in [2.75, 3.05) is 7.11 Å². The smallest absolute Gasteiger partial charge is 0.106 e. The van der Waals surface area contributed by atoms with Crippen LogP contribution in [0.2, 0.25) is 10.0 Å². The topological polar surface area (TPSA) is 21.6 Å². The second kappa shape index (κ2) is 8.88. The predicted octanol–water partition coefficient (Wildman–Crippen LogP) is 7.46. The van der Waals surface area contributed by atoms with E-state index in [1.54, 1.807) is 7.11 Å². The zero-order valence-electron chi connectivity index (χ0n) is 16.3. The Morgan fingerprint density at radius 3 is 1.75 bits per heavy atom. The molecular formula is C24H27Cl2NO. The van der Waals surface area contributed by atoms with Crippen LogP contribution < -0.4 is 0 Å². The van der Waals surface area contributed by atoms with Crippen molar-refractivity contribution >= 4 is 28.9 Å². The Labute approximate surface area is 177 Å². The first-order chi connectivity index (χ1) is 13.7. The van der Waals surface area contributed by atoms with Crippen LogP contribution in [0.5, 0.6) is 0 Å².